The van der Waals surface area contributed by atoms with Gasteiger partial charge in [-0.15, -0.1) is 22.7 Å². The summed E-state index contributed by atoms with van der Waals surface area (Å²) < 4.78 is 4.56. The number of methoxy groups -OCH3 is 1. The van der Waals surface area contributed by atoms with Crippen molar-refractivity contribution in [1.82, 2.24) is 9.97 Å². The van der Waals surface area contributed by atoms with Crippen molar-refractivity contribution in [1.29, 1.82) is 0 Å². The van der Waals surface area contributed by atoms with Crippen LogP contribution in [0.3, 0.4) is 0 Å². The van der Waals surface area contributed by atoms with Gasteiger partial charge in [-0.2, -0.15) is 0 Å². The lowest BCUT2D eigenvalue weighted by molar-refractivity contribution is 0.0595. The van der Waals surface area contributed by atoms with Crippen LogP contribution in [0.2, 0.25) is 0 Å². The summed E-state index contributed by atoms with van der Waals surface area (Å²) in [6, 6.07) is 0. The number of rotatable bonds is 3. The highest BCUT2D eigenvalue weighted by Crippen LogP contribution is 2.25. The van der Waals surface area contributed by atoms with Crippen molar-refractivity contribution in [3.05, 3.63) is 21.5 Å². The second-order valence-electron chi connectivity index (χ2n) is 3.12. The molecule has 0 aliphatic heterocycles. The minimum absolute atomic E-state index is 0.0778. The molecule has 2 aromatic heterocycles. The van der Waals surface area contributed by atoms with Crippen molar-refractivity contribution in [2.24, 2.45) is 0 Å². The van der Waals surface area contributed by atoms with Crippen LogP contribution in [0.1, 0.15) is 27.2 Å². The monoisotopic (exact) mass is 268 g/mol. The first-order chi connectivity index (χ1) is 8.11. The van der Waals surface area contributed by atoms with Crippen LogP contribution in [0, 0.1) is 0 Å². The molecule has 0 aliphatic rings. The standard InChI is InChI=1S/C10H8N2O3S2/c1-5(13)8-11-6(3-16-8)9-12-7(4-17-9)10(14)15-2/h3-4H,1-2H3. The number of aromatic nitrogens is 2. The molecule has 5 nitrogen and oxygen atoms in total. The number of nitrogens with zero attached hydrogens (tertiary/aromatic N) is 2. The van der Waals surface area contributed by atoms with Crippen molar-refractivity contribution >= 4 is 34.4 Å². The first-order valence-electron chi connectivity index (χ1n) is 4.62. The number of carbonyl (C=O) groups excluding carboxylic acids is 2. The predicted octanol–water partition coefficient (Wildman–Crippen LogP) is 2.26. The van der Waals surface area contributed by atoms with E-state index in [1.165, 1.54) is 36.7 Å². The van der Waals surface area contributed by atoms with Gasteiger partial charge < -0.3 is 4.74 Å². The summed E-state index contributed by atoms with van der Waals surface area (Å²) >= 11 is 2.56. The SMILES string of the molecule is COC(=O)c1csc(-c2csc(C(C)=O)n2)n1. The predicted molar refractivity (Wildman–Crippen MR) is 64.6 cm³/mol. The highest BCUT2D eigenvalue weighted by atomic mass is 32.1. The van der Waals surface area contributed by atoms with E-state index in [4.69, 9.17) is 0 Å². The fourth-order valence-corrected chi connectivity index (χ4v) is 2.65. The third kappa shape index (κ3) is 2.40. The van der Waals surface area contributed by atoms with Gasteiger partial charge in [0.2, 0.25) is 0 Å². The Kier molecular flexibility index (Phi) is 3.30. The van der Waals surface area contributed by atoms with Gasteiger partial charge in [0.15, 0.2) is 16.5 Å². The van der Waals surface area contributed by atoms with Crippen molar-refractivity contribution in [2.45, 2.75) is 6.92 Å². The summed E-state index contributed by atoms with van der Waals surface area (Å²) in [6.07, 6.45) is 0. The molecule has 7 heteroatoms. The van der Waals surface area contributed by atoms with Gasteiger partial charge in [-0.05, 0) is 0 Å². The van der Waals surface area contributed by atoms with E-state index in [-0.39, 0.29) is 11.5 Å². The van der Waals surface area contributed by atoms with E-state index >= 15 is 0 Å². The van der Waals surface area contributed by atoms with Crippen LogP contribution < -0.4 is 0 Å². The molecular formula is C10H8N2O3S2. The van der Waals surface area contributed by atoms with Crippen LogP contribution in [-0.4, -0.2) is 28.8 Å². The molecule has 0 N–H and O–H groups in total. The largest absolute Gasteiger partial charge is 0.464 e. The Morgan fingerprint density at radius 3 is 2.59 bits per heavy atom. The Balaban J connectivity index is 2.30. The van der Waals surface area contributed by atoms with Crippen molar-refractivity contribution in [3.63, 3.8) is 0 Å². The summed E-state index contributed by atoms with van der Waals surface area (Å²) in [5, 5.41) is 4.40. The number of ketones is 1. The third-order valence-corrected chi connectivity index (χ3v) is 3.73. The minimum atomic E-state index is -0.477. The van der Waals surface area contributed by atoms with Gasteiger partial charge >= 0.3 is 5.97 Å². The van der Waals surface area contributed by atoms with Crippen LogP contribution in [0.25, 0.3) is 10.7 Å². The van der Waals surface area contributed by atoms with Crippen molar-refractivity contribution in [2.75, 3.05) is 7.11 Å². The molecule has 0 amide bonds. The van der Waals surface area contributed by atoms with Gasteiger partial charge in [0.05, 0.1) is 7.11 Å². The molecule has 0 aliphatic carbocycles. The zero-order valence-electron chi connectivity index (χ0n) is 9.09. The average molecular weight is 268 g/mol. The highest BCUT2D eigenvalue weighted by molar-refractivity contribution is 7.14. The fraction of sp³-hybridized carbons (Fsp3) is 0.200. The molecule has 0 aromatic carbocycles. The number of hydrogen-bond donors (Lipinski definition) is 0. The Hall–Kier alpha value is -1.60. The summed E-state index contributed by atoms with van der Waals surface area (Å²) in [4.78, 5) is 30.6. The molecule has 2 heterocycles. The maximum absolute atomic E-state index is 11.2. The topological polar surface area (TPSA) is 69.2 Å². The highest BCUT2D eigenvalue weighted by Gasteiger charge is 2.14. The third-order valence-electron chi connectivity index (χ3n) is 1.92. The quantitative estimate of drug-likeness (QED) is 0.631. The molecule has 0 fully saturated rings. The van der Waals surface area contributed by atoms with Gasteiger partial charge in [0.1, 0.15) is 10.7 Å². The van der Waals surface area contributed by atoms with Gasteiger partial charge in [0, 0.05) is 17.7 Å². The fourth-order valence-electron chi connectivity index (χ4n) is 1.12. The second kappa shape index (κ2) is 4.72. The van der Waals surface area contributed by atoms with Crippen molar-refractivity contribution < 1.29 is 14.3 Å². The molecule has 0 bridgehead atoms. The van der Waals surface area contributed by atoms with Crippen LogP contribution in [0.4, 0.5) is 0 Å². The average Bonchev–Trinajstić information content (AvgIpc) is 2.95. The smallest absolute Gasteiger partial charge is 0.357 e. The van der Waals surface area contributed by atoms with Crippen LogP contribution in [-0.2, 0) is 4.74 Å². The zero-order valence-corrected chi connectivity index (χ0v) is 10.7. The Morgan fingerprint density at radius 1 is 1.24 bits per heavy atom. The molecular weight excluding hydrogens is 260 g/mol. The van der Waals surface area contributed by atoms with E-state index < -0.39 is 5.97 Å². The van der Waals surface area contributed by atoms with E-state index in [2.05, 4.69) is 14.7 Å². The maximum Gasteiger partial charge on any atom is 0.357 e. The summed E-state index contributed by atoms with van der Waals surface area (Å²) in [5.74, 6) is -0.555. The molecule has 0 unspecified atom stereocenters. The molecule has 0 spiro atoms. The molecule has 0 saturated heterocycles. The number of carbonyl (C=O) groups is 2. The molecule has 17 heavy (non-hydrogen) atoms. The van der Waals surface area contributed by atoms with E-state index in [1.807, 2.05) is 0 Å². The number of hydrogen-bond acceptors (Lipinski definition) is 7. The Labute approximate surface area is 105 Å². The Bertz CT molecular complexity index is 574. The van der Waals surface area contributed by atoms with Gasteiger partial charge in [-0.25, -0.2) is 14.8 Å². The van der Waals surface area contributed by atoms with Crippen molar-refractivity contribution in [3.8, 4) is 10.7 Å². The number of thiazole rings is 2. The normalized spacial score (nSPS) is 10.2. The lowest BCUT2D eigenvalue weighted by Gasteiger charge is -1.91. The van der Waals surface area contributed by atoms with E-state index in [0.717, 1.165) is 0 Å². The van der Waals surface area contributed by atoms with Gasteiger partial charge in [-0.1, -0.05) is 0 Å². The molecule has 0 saturated carbocycles. The van der Waals surface area contributed by atoms with E-state index in [9.17, 15) is 9.59 Å². The van der Waals surface area contributed by atoms with Crippen LogP contribution >= 0.6 is 22.7 Å². The van der Waals surface area contributed by atoms with Crippen LogP contribution in [0.5, 0.6) is 0 Å². The first kappa shape index (κ1) is 11.9. The number of ether oxygens (including phenoxy) is 1. The van der Waals surface area contributed by atoms with Gasteiger partial charge in [-0.3, -0.25) is 4.79 Å². The number of esters is 1. The second-order valence-corrected chi connectivity index (χ2v) is 4.84. The minimum Gasteiger partial charge on any atom is -0.464 e. The lowest BCUT2D eigenvalue weighted by Crippen LogP contribution is -2.01. The van der Waals surface area contributed by atoms with Gasteiger partial charge in [0.25, 0.3) is 0 Å². The lowest BCUT2D eigenvalue weighted by atomic mass is 10.4. The molecule has 88 valence electrons. The Morgan fingerprint density at radius 2 is 2.00 bits per heavy atom. The summed E-state index contributed by atoms with van der Waals surface area (Å²) in [5.41, 5.74) is 0.866. The summed E-state index contributed by atoms with van der Waals surface area (Å²) in [7, 11) is 1.30. The zero-order chi connectivity index (χ0) is 12.4. The first-order valence-corrected chi connectivity index (χ1v) is 6.38. The summed E-state index contributed by atoms with van der Waals surface area (Å²) in [6.45, 7) is 1.46. The maximum atomic E-state index is 11.2. The van der Waals surface area contributed by atoms with E-state index in [0.29, 0.717) is 15.7 Å². The van der Waals surface area contributed by atoms with E-state index in [1.54, 1.807) is 10.8 Å². The molecule has 0 radical (unpaired) electrons. The molecule has 2 rings (SSSR count). The van der Waals surface area contributed by atoms with Crippen LogP contribution in [0.15, 0.2) is 10.8 Å². The molecule has 2 aromatic rings. The molecule has 0 atom stereocenters. The number of Topliss-reactive ketones (excluding diaryl/α,β-unsaturated/α-hetero) is 1.